The van der Waals surface area contributed by atoms with Gasteiger partial charge < -0.3 is 4.74 Å². The molecule has 0 atom stereocenters. The SMILES string of the molecule is [B]CC(=O)c1cc(Cl)c(OC)cc1C. The number of halogens is 1. The molecule has 1 rings (SSSR count). The molecule has 2 nitrogen and oxygen atoms in total. The van der Waals surface area contributed by atoms with E-state index in [1.54, 1.807) is 12.1 Å². The van der Waals surface area contributed by atoms with Crippen molar-refractivity contribution in [1.82, 2.24) is 0 Å². The lowest BCUT2D eigenvalue weighted by molar-refractivity contribution is 0.101. The minimum atomic E-state index is -0.118. The van der Waals surface area contributed by atoms with E-state index in [-0.39, 0.29) is 12.1 Å². The summed E-state index contributed by atoms with van der Waals surface area (Å²) in [5.41, 5.74) is 1.38. The molecule has 0 spiro atoms. The van der Waals surface area contributed by atoms with Crippen LogP contribution in [0.3, 0.4) is 0 Å². The van der Waals surface area contributed by atoms with E-state index in [9.17, 15) is 4.79 Å². The van der Waals surface area contributed by atoms with Crippen molar-refractivity contribution in [2.45, 2.75) is 13.2 Å². The molecule has 0 heterocycles. The van der Waals surface area contributed by atoms with Crippen LogP contribution in [0.4, 0.5) is 0 Å². The Morgan fingerprint density at radius 3 is 2.71 bits per heavy atom. The molecule has 0 amide bonds. The first kappa shape index (κ1) is 11.1. The molecule has 0 saturated heterocycles. The fourth-order valence-electron chi connectivity index (χ4n) is 1.22. The number of hydrogen-bond donors (Lipinski definition) is 0. The van der Waals surface area contributed by atoms with Gasteiger partial charge in [0.25, 0.3) is 0 Å². The maximum absolute atomic E-state index is 11.4. The summed E-state index contributed by atoms with van der Waals surface area (Å²) in [5, 5.41) is 0.426. The van der Waals surface area contributed by atoms with E-state index in [4.69, 9.17) is 24.2 Å². The third kappa shape index (κ3) is 2.10. The van der Waals surface area contributed by atoms with Crippen molar-refractivity contribution in [2.75, 3.05) is 7.11 Å². The smallest absolute Gasteiger partial charge is 0.154 e. The van der Waals surface area contributed by atoms with Crippen molar-refractivity contribution >= 4 is 25.2 Å². The van der Waals surface area contributed by atoms with Crippen LogP contribution in [0.15, 0.2) is 12.1 Å². The summed E-state index contributed by atoms with van der Waals surface area (Å²) in [6, 6.07) is 3.32. The van der Waals surface area contributed by atoms with Gasteiger partial charge in [0.15, 0.2) is 5.78 Å². The first-order chi connectivity index (χ1) is 6.60. The number of ether oxygens (including phenoxy) is 1. The van der Waals surface area contributed by atoms with Crippen LogP contribution in [-0.4, -0.2) is 20.7 Å². The molecule has 4 heteroatoms. The second-order valence-electron chi connectivity index (χ2n) is 2.93. The van der Waals surface area contributed by atoms with Crippen molar-refractivity contribution in [2.24, 2.45) is 0 Å². The highest BCUT2D eigenvalue weighted by molar-refractivity contribution is 6.33. The Hall–Kier alpha value is -0.955. The fraction of sp³-hybridized carbons (Fsp3) is 0.300. The number of rotatable bonds is 3. The van der Waals surface area contributed by atoms with E-state index in [0.717, 1.165) is 5.56 Å². The molecule has 0 aromatic heterocycles. The van der Waals surface area contributed by atoms with Gasteiger partial charge in [0.1, 0.15) is 5.75 Å². The molecule has 14 heavy (non-hydrogen) atoms. The molecule has 1 aromatic carbocycles. The molecular weight excluding hydrogens is 198 g/mol. The van der Waals surface area contributed by atoms with Crippen molar-refractivity contribution < 1.29 is 9.53 Å². The Morgan fingerprint density at radius 2 is 2.21 bits per heavy atom. The maximum Gasteiger partial charge on any atom is 0.154 e. The number of hydrogen-bond acceptors (Lipinski definition) is 2. The van der Waals surface area contributed by atoms with Crippen molar-refractivity contribution in [3.05, 3.63) is 28.3 Å². The topological polar surface area (TPSA) is 26.3 Å². The predicted molar refractivity (Wildman–Crippen MR) is 57.6 cm³/mol. The molecule has 0 aliphatic rings. The average molecular weight is 208 g/mol. The summed E-state index contributed by atoms with van der Waals surface area (Å²) in [6.07, 6.45) is -0.0104. The van der Waals surface area contributed by atoms with E-state index in [1.807, 2.05) is 6.92 Å². The van der Waals surface area contributed by atoms with Gasteiger partial charge in [0.05, 0.1) is 20.0 Å². The monoisotopic (exact) mass is 208 g/mol. The second kappa shape index (κ2) is 4.51. The summed E-state index contributed by atoms with van der Waals surface area (Å²) in [5.74, 6) is 0.449. The Balaban J connectivity index is 3.21. The minimum Gasteiger partial charge on any atom is -0.495 e. The van der Waals surface area contributed by atoms with Crippen molar-refractivity contribution in [1.29, 1.82) is 0 Å². The second-order valence-corrected chi connectivity index (χ2v) is 3.34. The first-order valence-electron chi connectivity index (χ1n) is 4.17. The van der Waals surface area contributed by atoms with Gasteiger partial charge in [0, 0.05) is 5.56 Å². The van der Waals surface area contributed by atoms with E-state index < -0.39 is 0 Å². The van der Waals surface area contributed by atoms with E-state index in [2.05, 4.69) is 0 Å². The standard InChI is InChI=1S/C10H10BClO2/c1-6-3-10(14-2)8(12)4-7(6)9(13)5-11/h3-4H,5H2,1-2H3. The van der Waals surface area contributed by atoms with E-state index >= 15 is 0 Å². The summed E-state index contributed by atoms with van der Waals surface area (Å²) in [6.45, 7) is 1.82. The zero-order chi connectivity index (χ0) is 10.7. The number of carbonyl (C=O) groups is 1. The predicted octanol–water partition coefficient (Wildman–Crippen LogP) is 2.43. The summed E-state index contributed by atoms with van der Waals surface area (Å²) in [4.78, 5) is 11.4. The van der Waals surface area contributed by atoms with Crippen LogP contribution in [0, 0.1) is 6.92 Å². The average Bonchev–Trinajstić information content (AvgIpc) is 2.19. The van der Waals surface area contributed by atoms with Crippen LogP contribution in [0.5, 0.6) is 5.75 Å². The van der Waals surface area contributed by atoms with Gasteiger partial charge >= 0.3 is 0 Å². The number of aryl methyl sites for hydroxylation is 1. The number of benzene rings is 1. The van der Waals surface area contributed by atoms with Gasteiger partial charge in [-0.3, -0.25) is 4.79 Å². The van der Waals surface area contributed by atoms with Crippen molar-refractivity contribution in [3.8, 4) is 5.75 Å². The van der Waals surface area contributed by atoms with Crippen LogP contribution in [0.25, 0.3) is 0 Å². The number of methoxy groups -OCH3 is 1. The molecule has 0 bridgehead atoms. The summed E-state index contributed by atoms with van der Waals surface area (Å²) >= 11 is 5.88. The van der Waals surface area contributed by atoms with Crippen LogP contribution in [-0.2, 0) is 0 Å². The van der Waals surface area contributed by atoms with Gasteiger partial charge in [-0.25, -0.2) is 0 Å². The molecular formula is C10H10BClO2. The molecule has 72 valence electrons. The first-order valence-corrected chi connectivity index (χ1v) is 4.55. The zero-order valence-corrected chi connectivity index (χ0v) is 8.89. The third-order valence-corrected chi connectivity index (χ3v) is 2.28. The highest BCUT2D eigenvalue weighted by Gasteiger charge is 2.10. The molecule has 0 saturated carbocycles. The lowest BCUT2D eigenvalue weighted by Gasteiger charge is -2.08. The normalized spacial score (nSPS) is 9.93. The van der Waals surface area contributed by atoms with Crippen LogP contribution >= 0.6 is 11.6 Å². The molecule has 2 radical (unpaired) electrons. The van der Waals surface area contributed by atoms with E-state index in [0.29, 0.717) is 16.3 Å². The molecule has 0 N–H and O–H groups in total. The largest absolute Gasteiger partial charge is 0.495 e. The highest BCUT2D eigenvalue weighted by atomic mass is 35.5. The summed E-state index contributed by atoms with van der Waals surface area (Å²) < 4.78 is 5.02. The number of Topliss-reactive ketones (excluding diaryl/α,β-unsaturated/α-hetero) is 1. The van der Waals surface area contributed by atoms with E-state index in [1.165, 1.54) is 7.11 Å². The number of carbonyl (C=O) groups excluding carboxylic acids is 1. The molecule has 1 aromatic rings. The lowest BCUT2D eigenvalue weighted by Crippen LogP contribution is -2.01. The van der Waals surface area contributed by atoms with Gasteiger partial charge in [-0.15, -0.1) is 0 Å². The Labute approximate surface area is 89.6 Å². The lowest BCUT2D eigenvalue weighted by atomic mass is 9.93. The van der Waals surface area contributed by atoms with Crippen LogP contribution in [0.1, 0.15) is 15.9 Å². The van der Waals surface area contributed by atoms with Gasteiger partial charge in [-0.2, -0.15) is 0 Å². The van der Waals surface area contributed by atoms with Crippen LogP contribution in [0.2, 0.25) is 11.3 Å². The molecule has 0 fully saturated rings. The molecule has 0 unspecified atom stereocenters. The molecule has 0 aliphatic carbocycles. The molecule has 0 aliphatic heterocycles. The quantitative estimate of drug-likeness (QED) is 0.563. The van der Waals surface area contributed by atoms with Gasteiger partial charge in [-0.05, 0) is 30.9 Å². The highest BCUT2D eigenvalue weighted by Crippen LogP contribution is 2.28. The number of ketones is 1. The van der Waals surface area contributed by atoms with Gasteiger partial charge in [0.2, 0.25) is 0 Å². The van der Waals surface area contributed by atoms with Crippen LogP contribution < -0.4 is 4.74 Å². The van der Waals surface area contributed by atoms with Crippen molar-refractivity contribution in [3.63, 3.8) is 0 Å². The van der Waals surface area contributed by atoms with Gasteiger partial charge in [-0.1, -0.05) is 11.6 Å². The zero-order valence-electron chi connectivity index (χ0n) is 8.13. The fourth-order valence-corrected chi connectivity index (χ4v) is 1.46. The maximum atomic E-state index is 11.4. The Morgan fingerprint density at radius 1 is 1.57 bits per heavy atom. The Bertz CT molecular complexity index is 363. The summed E-state index contributed by atoms with van der Waals surface area (Å²) in [7, 11) is 6.80. The Kier molecular flexibility index (Phi) is 3.58. The minimum absolute atomic E-state index is 0.0104. The third-order valence-electron chi connectivity index (χ3n) is 1.98.